The third-order valence-corrected chi connectivity index (χ3v) is 3.89. The van der Waals surface area contributed by atoms with Crippen LogP contribution in [0.3, 0.4) is 0 Å². The third-order valence-electron chi connectivity index (χ3n) is 3.89. The Hall–Kier alpha value is -1.76. The van der Waals surface area contributed by atoms with E-state index in [-0.39, 0.29) is 12.2 Å². The van der Waals surface area contributed by atoms with Crippen molar-refractivity contribution in [3.63, 3.8) is 0 Å². The van der Waals surface area contributed by atoms with E-state index in [4.69, 9.17) is 0 Å². The van der Waals surface area contributed by atoms with Crippen LogP contribution in [0.4, 0.5) is 20.2 Å². The second-order valence-corrected chi connectivity index (χ2v) is 5.82. The van der Waals surface area contributed by atoms with Gasteiger partial charge in [-0.25, -0.2) is 4.39 Å². The molecule has 1 aliphatic rings. The summed E-state index contributed by atoms with van der Waals surface area (Å²) in [4.78, 5) is 9.98. The van der Waals surface area contributed by atoms with E-state index in [1.807, 2.05) is 6.92 Å². The molecule has 1 aromatic rings. The average Bonchev–Trinajstić information content (AvgIpc) is 2.34. The molecule has 7 heteroatoms. The van der Waals surface area contributed by atoms with Crippen molar-refractivity contribution in [1.29, 1.82) is 0 Å². The van der Waals surface area contributed by atoms with Crippen molar-refractivity contribution in [2.75, 3.05) is 11.9 Å². The van der Waals surface area contributed by atoms with Crippen LogP contribution in [0.2, 0.25) is 0 Å². The Balaban J connectivity index is 2.18. The van der Waals surface area contributed by atoms with Crippen LogP contribution >= 0.6 is 0 Å². The number of nitro groups is 1. The Labute approximate surface area is 121 Å². The van der Waals surface area contributed by atoms with E-state index in [1.54, 1.807) is 0 Å². The summed E-state index contributed by atoms with van der Waals surface area (Å²) < 4.78 is 26.7. The molecule has 2 unspecified atom stereocenters. The van der Waals surface area contributed by atoms with Crippen molar-refractivity contribution in [3.8, 4) is 0 Å². The monoisotopic (exact) mass is 300 g/mol. The fourth-order valence-corrected chi connectivity index (χ4v) is 2.94. The summed E-state index contributed by atoms with van der Waals surface area (Å²) >= 11 is 0. The summed E-state index contributed by atoms with van der Waals surface area (Å²) in [6.07, 6.45) is 3.01. The first kappa shape index (κ1) is 15.6. The summed E-state index contributed by atoms with van der Waals surface area (Å²) in [5.41, 5.74) is -2.05. The van der Waals surface area contributed by atoms with Gasteiger partial charge in [0.15, 0.2) is 0 Å². The lowest BCUT2D eigenvalue weighted by molar-refractivity contribution is -0.386. The van der Waals surface area contributed by atoms with Gasteiger partial charge in [0, 0.05) is 18.7 Å². The fraction of sp³-hybridized carbons (Fsp3) is 0.571. The van der Waals surface area contributed by atoms with Crippen LogP contribution in [-0.2, 0) is 0 Å². The molecule has 0 bridgehead atoms. The van der Waals surface area contributed by atoms with Crippen LogP contribution in [0.25, 0.3) is 0 Å². The number of nitrogens with zero attached hydrogens (tertiary/aromatic N) is 1. The largest absolute Gasteiger partial charge is 0.388 e. The summed E-state index contributed by atoms with van der Waals surface area (Å²) in [5.74, 6) is -1.78. The van der Waals surface area contributed by atoms with Crippen molar-refractivity contribution in [2.24, 2.45) is 5.92 Å². The molecular formula is C14H18F2N2O3. The number of aliphatic hydroxyl groups is 1. The highest BCUT2D eigenvalue weighted by atomic mass is 19.1. The van der Waals surface area contributed by atoms with Gasteiger partial charge >= 0.3 is 5.69 Å². The summed E-state index contributed by atoms with van der Waals surface area (Å²) in [5, 5.41) is 24.0. The molecule has 1 fully saturated rings. The molecule has 2 rings (SSSR count). The molecule has 0 radical (unpaired) electrons. The first-order valence-electron chi connectivity index (χ1n) is 6.90. The second-order valence-electron chi connectivity index (χ2n) is 5.82. The Bertz CT molecular complexity index is 553. The number of nitro benzene ring substituents is 1. The van der Waals surface area contributed by atoms with Gasteiger partial charge in [0.25, 0.3) is 0 Å². The fourth-order valence-electron chi connectivity index (χ4n) is 2.94. The van der Waals surface area contributed by atoms with Gasteiger partial charge < -0.3 is 10.4 Å². The molecule has 2 atom stereocenters. The zero-order chi connectivity index (χ0) is 15.6. The summed E-state index contributed by atoms with van der Waals surface area (Å²) in [7, 11) is 0. The topological polar surface area (TPSA) is 75.4 Å². The zero-order valence-electron chi connectivity index (χ0n) is 11.7. The molecule has 116 valence electrons. The van der Waals surface area contributed by atoms with Gasteiger partial charge in [-0.15, -0.1) is 0 Å². The molecule has 1 aliphatic carbocycles. The summed E-state index contributed by atoms with van der Waals surface area (Å²) in [6.45, 7) is 2.05. The van der Waals surface area contributed by atoms with Gasteiger partial charge in [0.1, 0.15) is 11.5 Å². The van der Waals surface area contributed by atoms with Gasteiger partial charge in [0.05, 0.1) is 10.5 Å². The van der Waals surface area contributed by atoms with Gasteiger partial charge in [-0.1, -0.05) is 19.8 Å². The van der Waals surface area contributed by atoms with Gasteiger partial charge in [-0.05, 0) is 18.8 Å². The number of benzene rings is 1. The SMILES string of the molecule is CC1CCCC(O)(CNc2cc(F)cc(F)c2[N+](=O)[O-])C1. The maximum absolute atomic E-state index is 13.5. The molecule has 0 aromatic heterocycles. The molecule has 0 amide bonds. The van der Waals surface area contributed by atoms with Crippen LogP contribution in [0.5, 0.6) is 0 Å². The maximum atomic E-state index is 13.5. The van der Waals surface area contributed by atoms with Crippen LogP contribution in [0, 0.1) is 27.7 Å². The molecule has 1 saturated carbocycles. The van der Waals surface area contributed by atoms with E-state index >= 15 is 0 Å². The number of anilines is 1. The lowest BCUT2D eigenvalue weighted by Gasteiger charge is -2.35. The molecule has 0 aliphatic heterocycles. The van der Waals surface area contributed by atoms with E-state index in [0.717, 1.165) is 18.9 Å². The highest BCUT2D eigenvalue weighted by Gasteiger charge is 2.33. The lowest BCUT2D eigenvalue weighted by Crippen LogP contribution is -2.41. The number of halogens is 2. The summed E-state index contributed by atoms with van der Waals surface area (Å²) in [6, 6.07) is 1.34. The van der Waals surface area contributed by atoms with Gasteiger partial charge in [-0.2, -0.15) is 4.39 Å². The molecule has 21 heavy (non-hydrogen) atoms. The van der Waals surface area contributed by atoms with Crippen molar-refractivity contribution in [1.82, 2.24) is 0 Å². The number of hydrogen-bond acceptors (Lipinski definition) is 4. The first-order chi connectivity index (χ1) is 9.81. The Morgan fingerprint density at radius 3 is 2.86 bits per heavy atom. The average molecular weight is 300 g/mol. The van der Waals surface area contributed by atoms with E-state index in [2.05, 4.69) is 5.32 Å². The smallest absolute Gasteiger partial charge is 0.327 e. The molecule has 5 nitrogen and oxygen atoms in total. The number of nitrogens with one attached hydrogen (secondary N) is 1. The maximum Gasteiger partial charge on any atom is 0.327 e. The minimum Gasteiger partial charge on any atom is -0.388 e. The van der Waals surface area contributed by atoms with E-state index in [9.17, 15) is 24.0 Å². The van der Waals surface area contributed by atoms with Crippen LogP contribution < -0.4 is 5.32 Å². The third kappa shape index (κ3) is 3.66. The molecule has 0 saturated heterocycles. The van der Waals surface area contributed by atoms with Crippen LogP contribution in [0.1, 0.15) is 32.6 Å². The van der Waals surface area contributed by atoms with Crippen molar-refractivity contribution < 1.29 is 18.8 Å². The van der Waals surface area contributed by atoms with Crippen molar-refractivity contribution in [3.05, 3.63) is 33.9 Å². The van der Waals surface area contributed by atoms with Gasteiger partial charge in [0.2, 0.25) is 5.82 Å². The number of rotatable bonds is 4. The van der Waals surface area contributed by atoms with E-state index in [1.165, 1.54) is 0 Å². The minimum atomic E-state index is -1.23. The normalized spacial score (nSPS) is 25.6. The van der Waals surface area contributed by atoms with E-state index < -0.39 is 27.8 Å². The van der Waals surface area contributed by atoms with Crippen molar-refractivity contribution in [2.45, 2.75) is 38.2 Å². The highest BCUT2D eigenvalue weighted by molar-refractivity contribution is 5.62. The molecule has 0 heterocycles. The molecule has 0 spiro atoms. The van der Waals surface area contributed by atoms with Crippen LogP contribution in [-0.4, -0.2) is 22.2 Å². The molecule has 2 N–H and O–H groups in total. The Kier molecular flexibility index (Phi) is 4.41. The minimum absolute atomic E-state index is 0.0288. The Morgan fingerprint density at radius 1 is 1.52 bits per heavy atom. The molecule has 1 aromatic carbocycles. The lowest BCUT2D eigenvalue weighted by atomic mass is 9.79. The quantitative estimate of drug-likeness (QED) is 0.661. The predicted molar refractivity (Wildman–Crippen MR) is 74.1 cm³/mol. The number of hydrogen-bond donors (Lipinski definition) is 2. The van der Waals surface area contributed by atoms with E-state index in [0.29, 0.717) is 24.8 Å². The highest BCUT2D eigenvalue weighted by Crippen LogP contribution is 2.34. The van der Waals surface area contributed by atoms with Crippen molar-refractivity contribution >= 4 is 11.4 Å². The standard InChI is InChI=1S/C14H18F2N2O3/c1-9-3-2-4-14(19,7-9)8-17-12-6-10(15)5-11(16)13(12)18(20)21/h5-6,9,17,19H,2-4,7-8H2,1H3. The Morgan fingerprint density at radius 2 is 2.24 bits per heavy atom. The molecular weight excluding hydrogens is 282 g/mol. The van der Waals surface area contributed by atoms with Gasteiger partial charge in [-0.3, -0.25) is 10.1 Å². The first-order valence-corrected chi connectivity index (χ1v) is 6.90. The van der Waals surface area contributed by atoms with Crippen LogP contribution in [0.15, 0.2) is 12.1 Å². The second kappa shape index (κ2) is 5.93. The predicted octanol–water partition coefficient (Wildman–Crippen LogP) is 3.23. The zero-order valence-corrected chi connectivity index (χ0v) is 11.7.